The molecule has 4 atom stereocenters. The Morgan fingerprint density at radius 2 is 1.70 bits per heavy atom. The lowest BCUT2D eigenvalue weighted by molar-refractivity contribution is -0.136. The summed E-state index contributed by atoms with van der Waals surface area (Å²) < 4.78 is 12.2. The van der Waals surface area contributed by atoms with Gasteiger partial charge in [0.15, 0.2) is 5.78 Å². The van der Waals surface area contributed by atoms with Gasteiger partial charge in [0.25, 0.3) is 0 Å². The third-order valence-corrected chi connectivity index (χ3v) is 8.94. The van der Waals surface area contributed by atoms with Gasteiger partial charge in [0.1, 0.15) is 12.0 Å². The number of unbranched alkanes of at least 4 members (excludes halogenated alkanes) is 2. The van der Waals surface area contributed by atoms with Gasteiger partial charge in [0.2, 0.25) is 5.89 Å². The summed E-state index contributed by atoms with van der Waals surface area (Å²) in [7, 11) is 0. The van der Waals surface area contributed by atoms with Crippen molar-refractivity contribution in [1.82, 2.24) is 4.98 Å². The van der Waals surface area contributed by atoms with Gasteiger partial charge >= 0.3 is 5.97 Å². The fourth-order valence-electron chi connectivity index (χ4n) is 6.94. The number of aromatic nitrogens is 1. The summed E-state index contributed by atoms with van der Waals surface area (Å²) in [6, 6.07) is 8.11. The van der Waals surface area contributed by atoms with Gasteiger partial charge in [-0.05, 0) is 49.1 Å². The normalized spacial score (nSPS) is 25.5. The van der Waals surface area contributed by atoms with E-state index in [1.165, 1.54) is 50.5 Å². The Kier molecular flexibility index (Phi) is 8.75. The molecular formula is C31H41NO5. The number of nitrogens with zero attached hydrogens (tertiary/aromatic N) is 1. The van der Waals surface area contributed by atoms with E-state index in [1.807, 2.05) is 18.2 Å². The lowest BCUT2D eigenvalue weighted by Gasteiger charge is -2.26. The van der Waals surface area contributed by atoms with Crippen molar-refractivity contribution < 1.29 is 23.8 Å². The highest BCUT2D eigenvalue weighted by Gasteiger charge is 2.51. The molecule has 3 fully saturated rings. The van der Waals surface area contributed by atoms with Crippen LogP contribution in [-0.4, -0.2) is 34.1 Å². The maximum Gasteiger partial charge on any atom is 0.303 e. The zero-order valence-electron chi connectivity index (χ0n) is 21.9. The van der Waals surface area contributed by atoms with Crippen LogP contribution in [0.2, 0.25) is 0 Å². The van der Waals surface area contributed by atoms with Crippen molar-refractivity contribution in [2.45, 2.75) is 114 Å². The van der Waals surface area contributed by atoms with Crippen LogP contribution in [0.25, 0.3) is 0 Å². The molecule has 1 aromatic heterocycles. The molecule has 1 aliphatic carbocycles. The quantitative estimate of drug-likeness (QED) is 0.234. The summed E-state index contributed by atoms with van der Waals surface area (Å²) in [4.78, 5) is 28.6. The largest absolute Gasteiger partial charge is 0.481 e. The highest BCUT2D eigenvalue weighted by Crippen LogP contribution is 2.50. The summed E-state index contributed by atoms with van der Waals surface area (Å²) in [6.07, 6.45) is 17.3. The molecule has 0 radical (unpaired) electrons. The molecule has 1 saturated carbocycles. The molecule has 1 N–H and O–H groups in total. The number of aliphatic carboxylic acids is 1. The molecule has 2 aromatic rings. The first kappa shape index (κ1) is 26.1. The third-order valence-electron chi connectivity index (χ3n) is 8.94. The van der Waals surface area contributed by atoms with Gasteiger partial charge in [-0.2, -0.15) is 0 Å². The van der Waals surface area contributed by atoms with Crippen LogP contribution in [0.15, 0.2) is 34.9 Å². The number of carbonyl (C=O) groups is 2. The number of ether oxygens (including phenoxy) is 1. The fraction of sp³-hybridized carbons (Fsp3) is 0.645. The summed E-state index contributed by atoms with van der Waals surface area (Å²) in [5.41, 5.74) is 2.70. The molecule has 5 rings (SSSR count). The van der Waals surface area contributed by atoms with E-state index >= 15 is 0 Å². The monoisotopic (exact) mass is 507 g/mol. The molecule has 3 aliphatic rings. The zero-order chi connectivity index (χ0) is 25.6. The van der Waals surface area contributed by atoms with E-state index in [-0.39, 0.29) is 36.2 Å². The van der Waals surface area contributed by atoms with Gasteiger partial charge < -0.3 is 14.3 Å². The maximum atomic E-state index is 12.8. The number of ketones is 1. The molecule has 37 heavy (non-hydrogen) atoms. The van der Waals surface area contributed by atoms with Gasteiger partial charge in [-0.1, -0.05) is 75.6 Å². The number of carboxylic acid groups (broad SMARTS) is 1. The van der Waals surface area contributed by atoms with Crippen molar-refractivity contribution >= 4 is 11.8 Å². The number of carboxylic acids is 1. The molecule has 6 nitrogen and oxygen atoms in total. The van der Waals surface area contributed by atoms with Crippen molar-refractivity contribution in [3.63, 3.8) is 0 Å². The molecule has 2 bridgehead atoms. The highest BCUT2D eigenvalue weighted by molar-refractivity contribution is 5.93. The number of oxazole rings is 1. The first-order chi connectivity index (χ1) is 18.1. The van der Waals surface area contributed by atoms with E-state index < -0.39 is 5.97 Å². The summed E-state index contributed by atoms with van der Waals surface area (Å²) in [5.74, 6) is 1.07. The van der Waals surface area contributed by atoms with E-state index in [9.17, 15) is 9.59 Å². The van der Waals surface area contributed by atoms with Gasteiger partial charge in [0.05, 0.1) is 18.1 Å². The number of carbonyl (C=O) groups excluding carboxylic acids is 1. The lowest BCUT2D eigenvalue weighted by atomic mass is 9.75. The minimum absolute atomic E-state index is 0.0309. The molecule has 0 amide bonds. The van der Waals surface area contributed by atoms with Crippen LogP contribution in [-0.2, 0) is 22.4 Å². The average molecular weight is 508 g/mol. The zero-order valence-corrected chi connectivity index (χ0v) is 21.9. The molecule has 1 aromatic carbocycles. The smallest absolute Gasteiger partial charge is 0.303 e. The van der Waals surface area contributed by atoms with E-state index in [0.29, 0.717) is 24.4 Å². The predicted octanol–water partition coefficient (Wildman–Crippen LogP) is 6.91. The van der Waals surface area contributed by atoms with Crippen LogP contribution >= 0.6 is 0 Å². The van der Waals surface area contributed by atoms with Gasteiger partial charge in [-0.3, -0.25) is 9.59 Å². The van der Waals surface area contributed by atoms with Gasteiger partial charge in [-0.15, -0.1) is 0 Å². The minimum atomic E-state index is -0.780. The summed E-state index contributed by atoms with van der Waals surface area (Å²) in [6.45, 7) is 0. The number of benzene rings is 1. The van der Waals surface area contributed by atoms with Crippen LogP contribution in [0.3, 0.4) is 0 Å². The van der Waals surface area contributed by atoms with E-state index in [1.54, 1.807) is 6.26 Å². The Bertz CT molecular complexity index is 1060. The van der Waals surface area contributed by atoms with Crippen LogP contribution in [0.4, 0.5) is 0 Å². The molecule has 2 saturated heterocycles. The minimum Gasteiger partial charge on any atom is -0.481 e. The van der Waals surface area contributed by atoms with E-state index in [2.05, 4.69) is 11.1 Å². The Labute approximate surface area is 220 Å². The Morgan fingerprint density at radius 1 is 0.919 bits per heavy atom. The van der Waals surface area contributed by atoms with Crippen molar-refractivity contribution in [1.29, 1.82) is 0 Å². The van der Waals surface area contributed by atoms with E-state index in [0.717, 1.165) is 43.6 Å². The Morgan fingerprint density at radius 3 is 2.51 bits per heavy atom. The number of hydrogen-bond acceptors (Lipinski definition) is 5. The van der Waals surface area contributed by atoms with E-state index in [4.69, 9.17) is 14.3 Å². The molecule has 2 aliphatic heterocycles. The predicted molar refractivity (Wildman–Crippen MR) is 141 cm³/mol. The van der Waals surface area contributed by atoms with Crippen molar-refractivity contribution in [3.8, 4) is 0 Å². The molecule has 200 valence electrons. The third kappa shape index (κ3) is 6.51. The fourth-order valence-corrected chi connectivity index (χ4v) is 6.94. The molecule has 0 unspecified atom stereocenters. The Hall–Kier alpha value is -2.47. The number of hydrogen-bond donors (Lipinski definition) is 1. The maximum absolute atomic E-state index is 12.8. The first-order valence-electron chi connectivity index (χ1n) is 14.5. The standard InChI is InChI=1S/C31H41NO5/c33-26(14-6-2-5-11-21-9-3-1-4-10-21)25-20-36-31(32-25)30-24(27-16-17-28(30)37-27)19-23-13-8-7-12-22(23)15-18-29(34)35/h7-8,12-13,20-21,24,27-28,30H,1-6,9-11,14-19H2,(H,34,35)/t24-,27+,28-,30+/m1/s1. The number of Topliss-reactive ketones (excluding diaryl/α,β-unsaturated/α-hetero) is 1. The topological polar surface area (TPSA) is 89.6 Å². The molecule has 3 heterocycles. The highest BCUT2D eigenvalue weighted by atomic mass is 16.5. The number of aryl methyl sites for hydroxylation is 1. The first-order valence-corrected chi connectivity index (χ1v) is 14.5. The second-order valence-corrected chi connectivity index (χ2v) is 11.4. The van der Waals surface area contributed by atoms with Crippen molar-refractivity contribution in [2.24, 2.45) is 11.8 Å². The summed E-state index contributed by atoms with van der Waals surface area (Å²) >= 11 is 0. The molecule has 6 heteroatoms. The van der Waals surface area contributed by atoms with Gasteiger partial charge in [-0.25, -0.2) is 4.98 Å². The Balaban J connectivity index is 1.17. The number of rotatable bonds is 13. The second kappa shape index (κ2) is 12.4. The number of fused-ring (bicyclic) bond motifs is 2. The van der Waals surface area contributed by atoms with Gasteiger partial charge in [0, 0.05) is 18.8 Å². The van der Waals surface area contributed by atoms with Crippen LogP contribution in [0.5, 0.6) is 0 Å². The van der Waals surface area contributed by atoms with Crippen molar-refractivity contribution in [3.05, 3.63) is 53.2 Å². The summed E-state index contributed by atoms with van der Waals surface area (Å²) in [5, 5.41) is 9.14. The van der Waals surface area contributed by atoms with Crippen LogP contribution in [0.1, 0.15) is 117 Å². The lowest BCUT2D eigenvalue weighted by Crippen LogP contribution is -2.28. The van der Waals surface area contributed by atoms with Crippen molar-refractivity contribution in [2.75, 3.05) is 0 Å². The average Bonchev–Trinajstić information content (AvgIpc) is 3.65. The molecule has 0 spiro atoms. The molecular weight excluding hydrogens is 466 g/mol. The second-order valence-electron chi connectivity index (χ2n) is 11.4. The van der Waals surface area contributed by atoms with Crippen LogP contribution in [0, 0.1) is 11.8 Å². The SMILES string of the molecule is O=C(O)CCc1ccccc1C[C@H]1[C@H](c2nc(C(=O)CCCCCC3CCCCC3)co2)[C@H]2CC[C@@H]1O2. The van der Waals surface area contributed by atoms with Crippen LogP contribution < -0.4 is 0 Å².